The number of esters is 1. The van der Waals surface area contributed by atoms with E-state index >= 15 is 0 Å². The highest BCUT2D eigenvalue weighted by Gasteiger charge is 2.30. The highest BCUT2D eigenvalue weighted by Crippen LogP contribution is 2.43. The Hall–Kier alpha value is -3.07. The van der Waals surface area contributed by atoms with Crippen LogP contribution < -0.4 is 5.32 Å². The van der Waals surface area contributed by atoms with Gasteiger partial charge in [-0.3, -0.25) is 18.6 Å². The largest absolute Gasteiger partial charge is 0.472 e. The minimum absolute atomic E-state index is 0.0237. The number of phosphoric ester groups is 1. The monoisotopic (exact) mass is 1120 g/mol. The average molecular weight is 1120 g/mol. The molecule has 0 fully saturated rings. The summed E-state index contributed by atoms with van der Waals surface area (Å²) in [6.45, 7) is 6.82. The number of rotatable bonds is 58. The first-order chi connectivity index (χ1) is 38.4. The molecule has 456 valence electrons. The van der Waals surface area contributed by atoms with E-state index in [1.54, 1.807) is 0 Å². The Kier molecular flexibility index (Phi) is 55.9. The topological polar surface area (TPSA) is 111 Å². The van der Waals surface area contributed by atoms with Crippen LogP contribution in [0.3, 0.4) is 0 Å². The van der Waals surface area contributed by atoms with E-state index in [1.807, 2.05) is 39.4 Å². The molecule has 0 rings (SSSR count). The second kappa shape index (κ2) is 58.1. The van der Waals surface area contributed by atoms with E-state index in [-0.39, 0.29) is 37.9 Å². The predicted molar refractivity (Wildman–Crippen MR) is 341 cm³/mol. The summed E-state index contributed by atoms with van der Waals surface area (Å²) < 4.78 is 30.7. The van der Waals surface area contributed by atoms with Crippen LogP contribution in [-0.4, -0.2) is 74.3 Å². The first-order valence-corrected chi connectivity index (χ1v) is 34.1. The standard InChI is InChI=1S/C69H123N2O7P/c1-7-10-13-16-19-22-25-28-30-32-33-34-35-36-37-38-39-40-42-44-47-50-53-56-59-62-69(73)78-67(60-57-54-51-48-45-27-24-21-18-15-12-9-3)66(65-77-79(74,75)76-64-63-71(4,5)6)70-68(72)61-58-55-52-49-46-43-41-31-29-26-23-20-17-14-11-8-2/h11,14,19-20,22-23,28-31,43,46,52,55,57,60,66-67H,7-10,12-13,15-18,21,24-27,32-42,44-45,47-51,53-54,56,58-59,61-65H2,1-6H3,(H-,70,72,74,75)/p+1/b14-11+,22-19-,23-20+,30-28-,31-29+,46-43+,55-52+,60-57-. The Bertz CT molecular complexity index is 1670. The molecule has 0 saturated heterocycles. The molecule has 10 heteroatoms. The summed E-state index contributed by atoms with van der Waals surface area (Å²) in [6, 6.07) is -0.892. The summed E-state index contributed by atoms with van der Waals surface area (Å²) in [5.41, 5.74) is 0. The fraction of sp³-hybridized carbons (Fsp3) is 0.739. The van der Waals surface area contributed by atoms with Crippen LogP contribution in [0.1, 0.15) is 278 Å². The number of hydrogen-bond donors (Lipinski definition) is 2. The van der Waals surface area contributed by atoms with Gasteiger partial charge in [0, 0.05) is 12.8 Å². The molecule has 0 aliphatic heterocycles. The second-order valence-electron chi connectivity index (χ2n) is 22.9. The van der Waals surface area contributed by atoms with Crippen LogP contribution in [0.4, 0.5) is 0 Å². The van der Waals surface area contributed by atoms with Crippen LogP contribution >= 0.6 is 7.82 Å². The Morgan fingerprint density at radius 3 is 1.27 bits per heavy atom. The molecule has 79 heavy (non-hydrogen) atoms. The van der Waals surface area contributed by atoms with Crippen molar-refractivity contribution in [1.29, 1.82) is 0 Å². The van der Waals surface area contributed by atoms with Crippen LogP contribution in [0.15, 0.2) is 97.2 Å². The third kappa shape index (κ3) is 59.4. The molecule has 0 bridgehead atoms. The Labute approximate surface area is 488 Å². The maximum atomic E-state index is 13.5. The van der Waals surface area contributed by atoms with Crippen molar-refractivity contribution in [2.75, 3.05) is 40.9 Å². The van der Waals surface area contributed by atoms with E-state index in [1.165, 1.54) is 161 Å². The zero-order valence-electron chi connectivity index (χ0n) is 52.1. The van der Waals surface area contributed by atoms with Crippen LogP contribution in [0, 0.1) is 0 Å². The molecule has 0 spiro atoms. The third-order valence-electron chi connectivity index (χ3n) is 14.0. The van der Waals surface area contributed by atoms with Gasteiger partial charge in [0.15, 0.2) is 0 Å². The lowest BCUT2D eigenvalue weighted by atomic mass is 10.0. The van der Waals surface area contributed by atoms with Crippen molar-refractivity contribution >= 4 is 19.7 Å². The number of carbonyl (C=O) groups excluding carboxylic acids is 2. The second-order valence-corrected chi connectivity index (χ2v) is 24.4. The number of phosphoric acid groups is 1. The number of ether oxygens (including phenoxy) is 1. The summed E-state index contributed by atoms with van der Waals surface area (Å²) in [6.07, 6.45) is 78.7. The highest BCUT2D eigenvalue weighted by molar-refractivity contribution is 7.47. The molecule has 0 aliphatic rings. The first-order valence-electron chi connectivity index (χ1n) is 32.6. The quantitative estimate of drug-likeness (QED) is 0.0205. The molecule has 0 aromatic rings. The van der Waals surface area contributed by atoms with Crippen LogP contribution in [0.2, 0.25) is 0 Å². The number of nitrogens with zero attached hydrogens (tertiary/aromatic N) is 1. The molecule has 0 radical (unpaired) electrons. The molecule has 0 aromatic heterocycles. The van der Waals surface area contributed by atoms with Gasteiger partial charge in [0.2, 0.25) is 5.91 Å². The van der Waals surface area contributed by atoms with Gasteiger partial charge in [0.25, 0.3) is 0 Å². The molecule has 3 unspecified atom stereocenters. The van der Waals surface area contributed by atoms with E-state index < -0.39 is 20.0 Å². The zero-order valence-corrected chi connectivity index (χ0v) is 53.0. The fourth-order valence-electron chi connectivity index (χ4n) is 9.02. The summed E-state index contributed by atoms with van der Waals surface area (Å²) in [4.78, 5) is 37.7. The first kappa shape index (κ1) is 75.9. The van der Waals surface area contributed by atoms with E-state index in [0.717, 1.165) is 77.0 Å². The van der Waals surface area contributed by atoms with E-state index in [9.17, 15) is 19.0 Å². The smallest absolute Gasteiger partial charge is 0.456 e. The number of nitrogens with one attached hydrogen (secondary N) is 1. The van der Waals surface area contributed by atoms with Crippen molar-refractivity contribution in [3.63, 3.8) is 0 Å². The number of hydrogen-bond acceptors (Lipinski definition) is 6. The van der Waals surface area contributed by atoms with Crippen LogP contribution in [0.25, 0.3) is 0 Å². The fourth-order valence-corrected chi connectivity index (χ4v) is 9.75. The SMILES string of the molecule is CC/C=C/C/C=C/C/C=C/C/C=C/C/C=C/CCC(=O)NC(COP(=O)(O)OCC[N+](C)(C)C)C(/C=C\CCCCCCCCCCCC)OC(=O)CCCCCCCCCCCCCCCCC/C=C\C/C=C\CCCCC. The lowest BCUT2D eigenvalue weighted by Gasteiger charge is -2.27. The molecular formula is C69H124N2O7P+. The minimum atomic E-state index is -4.47. The van der Waals surface area contributed by atoms with Crippen molar-refractivity contribution in [1.82, 2.24) is 5.32 Å². The maximum Gasteiger partial charge on any atom is 0.472 e. The molecule has 3 atom stereocenters. The lowest BCUT2D eigenvalue weighted by molar-refractivity contribution is -0.870. The molecule has 0 aliphatic carbocycles. The average Bonchev–Trinajstić information content (AvgIpc) is 3.41. The summed E-state index contributed by atoms with van der Waals surface area (Å²) in [5, 5.41) is 3.01. The number of allylic oxidation sites excluding steroid dienone is 15. The molecular weight excluding hydrogens is 1000 g/mol. The Balaban J connectivity index is 5.18. The van der Waals surface area contributed by atoms with Gasteiger partial charge in [-0.2, -0.15) is 0 Å². The van der Waals surface area contributed by atoms with E-state index in [0.29, 0.717) is 17.4 Å². The molecule has 2 N–H and O–H groups in total. The van der Waals surface area contributed by atoms with Crippen molar-refractivity contribution < 1.29 is 37.3 Å². The number of unbranched alkanes of at least 4 members (excludes halogenated alkanes) is 28. The van der Waals surface area contributed by atoms with E-state index in [4.69, 9.17) is 13.8 Å². The molecule has 1 amide bonds. The van der Waals surface area contributed by atoms with Gasteiger partial charge in [0.05, 0.1) is 33.8 Å². The molecule has 0 heterocycles. The normalized spacial score (nSPS) is 14.3. The Morgan fingerprint density at radius 2 is 0.823 bits per heavy atom. The summed E-state index contributed by atoms with van der Waals surface area (Å²) >= 11 is 0. The minimum Gasteiger partial charge on any atom is -0.456 e. The van der Waals surface area contributed by atoms with Gasteiger partial charge in [0.1, 0.15) is 19.3 Å². The summed E-state index contributed by atoms with van der Waals surface area (Å²) in [7, 11) is 1.45. The maximum absolute atomic E-state index is 13.5. The van der Waals surface area contributed by atoms with E-state index in [2.05, 4.69) is 105 Å². The number of carbonyl (C=O) groups is 2. The van der Waals surface area contributed by atoms with Crippen molar-refractivity contribution in [3.05, 3.63) is 97.2 Å². The number of quaternary nitrogens is 1. The summed E-state index contributed by atoms with van der Waals surface area (Å²) in [5.74, 6) is -0.601. The third-order valence-corrected chi connectivity index (χ3v) is 15.0. The molecule has 9 nitrogen and oxygen atoms in total. The van der Waals surface area contributed by atoms with Gasteiger partial charge >= 0.3 is 13.8 Å². The predicted octanol–water partition coefficient (Wildman–Crippen LogP) is 20.3. The van der Waals surface area contributed by atoms with Crippen LogP contribution in [0.5, 0.6) is 0 Å². The molecule has 0 saturated carbocycles. The lowest BCUT2D eigenvalue weighted by Crippen LogP contribution is -2.47. The molecule has 0 aromatic carbocycles. The van der Waals surface area contributed by atoms with Crippen molar-refractivity contribution in [2.45, 2.75) is 290 Å². The van der Waals surface area contributed by atoms with Gasteiger partial charge in [-0.1, -0.05) is 266 Å². The van der Waals surface area contributed by atoms with Crippen LogP contribution in [-0.2, 0) is 27.9 Å². The Morgan fingerprint density at radius 1 is 0.456 bits per heavy atom. The van der Waals surface area contributed by atoms with Gasteiger partial charge in [-0.05, 0) is 96.0 Å². The van der Waals surface area contributed by atoms with Gasteiger partial charge < -0.3 is 19.4 Å². The van der Waals surface area contributed by atoms with Gasteiger partial charge in [-0.25, -0.2) is 4.57 Å². The number of likely N-dealkylation sites (N-methyl/N-ethyl adjacent to an activating group) is 1. The highest BCUT2D eigenvalue weighted by atomic mass is 31.2. The zero-order chi connectivity index (χ0) is 57.9. The van der Waals surface area contributed by atoms with Crippen molar-refractivity contribution in [3.8, 4) is 0 Å². The van der Waals surface area contributed by atoms with Crippen molar-refractivity contribution in [2.24, 2.45) is 0 Å². The van der Waals surface area contributed by atoms with Gasteiger partial charge in [-0.15, -0.1) is 0 Å². The number of amides is 1.